The van der Waals surface area contributed by atoms with Gasteiger partial charge in [0.1, 0.15) is 17.5 Å². The Morgan fingerprint density at radius 2 is 1.93 bits per heavy atom. The van der Waals surface area contributed by atoms with Gasteiger partial charge in [0.2, 0.25) is 5.54 Å². The van der Waals surface area contributed by atoms with Crippen LogP contribution in [-0.2, 0) is 5.54 Å². The van der Waals surface area contributed by atoms with Crippen LogP contribution in [0.25, 0.3) is 0 Å². The lowest BCUT2D eigenvalue weighted by molar-refractivity contribution is -0.186. The first-order chi connectivity index (χ1) is 13.3. The van der Waals surface area contributed by atoms with Gasteiger partial charge in [-0.05, 0) is 25.3 Å². The van der Waals surface area contributed by atoms with Gasteiger partial charge in [-0.3, -0.25) is 0 Å². The lowest BCUT2D eigenvalue weighted by Gasteiger charge is -2.42. The van der Waals surface area contributed by atoms with E-state index in [4.69, 9.17) is 0 Å². The van der Waals surface area contributed by atoms with Crippen LogP contribution in [0.2, 0.25) is 0 Å². The topological polar surface area (TPSA) is 71.7 Å². The van der Waals surface area contributed by atoms with Crippen molar-refractivity contribution in [1.82, 2.24) is 15.2 Å². The molecule has 1 N–H and O–H groups in total. The minimum atomic E-state index is -4.92. The van der Waals surface area contributed by atoms with Crippen molar-refractivity contribution in [3.05, 3.63) is 46.8 Å². The van der Waals surface area contributed by atoms with Gasteiger partial charge in [0, 0.05) is 13.0 Å². The van der Waals surface area contributed by atoms with Crippen LogP contribution in [0.3, 0.4) is 0 Å². The van der Waals surface area contributed by atoms with E-state index in [1.807, 2.05) is 0 Å². The van der Waals surface area contributed by atoms with Crippen molar-refractivity contribution in [2.75, 3.05) is 6.54 Å². The molecule has 2 amide bonds. The number of fused-ring (bicyclic) bond motifs is 3. The number of nitriles is 1. The highest BCUT2D eigenvalue weighted by atomic mass is 19.4. The quantitative estimate of drug-likeness (QED) is 0.796. The molecule has 0 aliphatic carbocycles. The number of hydrazone groups is 1. The van der Waals surface area contributed by atoms with E-state index in [9.17, 15) is 23.2 Å². The molecule has 3 heterocycles. The fourth-order valence-electron chi connectivity index (χ4n) is 3.96. The maximum atomic E-state index is 14.5. The second-order valence-electron chi connectivity index (χ2n) is 7.14. The summed E-state index contributed by atoms with van der Waals surface area (Å²) in [5.41, 5.74) is -2.92. The number of alkyl halides is 3. The van der Waals surface area contributed by atoms with Crippen LogP contribution in [0.15, 0.2) is 40.8 Å². The minimum Gasteiger partial charge on any atom is -0.314 e. The summed E-state index contributed by atoms with van der Waals surface area (Å²) in [5, 5.41) is 17.0. The van der Waals surface area contributed by atoms with Gasteiger partial charge in [-0.15, -0.1) is 5.10 Å². The van der Waals surface area contributed by atoms with Crippen LogP contribution in [0, 0.1) is 18.3 Å². The molecular formula is C19H18F3N5O. The Morgan fingerprint density at radius 3 is 2.57 bits per heavy atom. The average molecular weight is 389 g/mol. The van der Waals surface area contributed by atoms with Crippen molar-refractivity contribution >= 4 is 11.9 Å². The van der Waals surface area contributed by atoms with Gasteiger partial charge in [0.05, 0.1) is 0 Å². The first-order valence-electron chi connectivity index (χ1n) is 9.05. The number of carbonyl (C=O) groups is 1. The normalized spacial score (nSPS) is 24.8. The van der Waals surface area contributed by atoms with E-state index in [0.717, 1.165) is 29.8 Å². The SMILES string of the molecule is Cc1ccc([C@@]2(C(F)(F)F)NC(=O)N3N=C4CCCCCN4C3=C2C#N)cc1. The van der Waals surface area contributed by atoms with E-state index in [0.29, 0.717) is 18.8 Å². The third-order valence-electron chi connectivity index (χ3n) is 5.37. The third kappa shape index (κ3) is 2.47. The Balaban J connectivity index is 1.99. The van der Waals surface area contributed by atoms with Crippen molar-refractivity contribution in [1.29, 1.82) is 5.26 Å². The smallest absolute Gasteiger partial charge is 0.314 e. The number of benzene rings is 1. The summed E-state index contributed by atoms with van der Waals surface area (Å²) in [6.45, 7) is 2.17. The molecule has 0 spiro atoms. The van der Waals surface area contributed by atoms with Crippen LogP contribution >= 0.6 is 0 Å². The number of nitrogens with one attached hydrogen (secondary N) is 1. The maximum absolute atomic E-state index is 14.5. The molecule has 4 rings (SSSR count). The standard InChI is InChI=1S/C19H18F3N5O/c1-12-6-8-13(9-7-12)18(19(20,21)22)14(11-23)16-26-10-4-2-3-5-15(26)25-27(16)17(28)24-18/h6-9H,2-5,10H2,1H3,(H,24,28)/t18-/m1/s1. The summed E-state index contributed by atoms with van der Waals surface area (Å²) >= 11 is 0. The van der Waals surface area contributed by atoms with E-state index >= 15 is 0 Å². The zero-order valence-electron chi connectivity index (χ0n) is 15.2. The molecular weight excluding hydrogens is 371 g/mol. The Morgan fingerprint density at radius 1 is 1.21 bits per heavy atom. The molecule has 1 aromatic rings. The van der Waals surface area contributed by atoms with Crippen LogP contribution in [-0.4, -0.2) is 34.5 Å². The van der Waals surface area contributed by atoms with E-state index < -0.39 is 23.3 Å². The predicted molar refractivity (Wildman–Crippen MR) is 94.5 cm³/mol. The zero-order chi connectivity index (χ0) is 20.1. The largest absolute Gasteiger partial charge is 0.421 e. The van der Waals surface area contributed by atoms with Gasteiger partial charge in [0.25, 0.3) is 0 Å². The first-order valence-corrected chi connectivity index (χ1v) is 9.05. The van der Waals surface area contributed by atoms with E-state index in [1.54, 1.807) is 17.9 Å². The molecule has 6 nitrogen and oxygen atoms in total. The molecule has 9 heteroatoms. The second-order valence-corrected chi connectivity index (χ2v) is 7.14. The number of rotatable bonds is 1. The molecule has 1 saturated heterocycles. The van der Waals surface area contributed by atoms with Crippen molar-refractivity contribution in [2.24, 2.45) is 5.10 Å². The van der Waals surface area contributed by atoms with Gasteiger partial charge in [-0.2, -0.15) is 23.4 Å². The monoisotopic (exact) mass is 389 g/mol. The van der Waals surface area contributed by atoms with Gasteiger partial charge in [0.15, 0.2) is 5.82 Å². The van der Waals surface area contributed by atoms with E-state index in [1.165, 1.54) is 24.3 Å². The number of aryl methyl sites for hydroxylation is 1. The Labute approximate surface area is 159 Å². The van der Waals surface area contributed by atoms with E-state index in [-0.39, 0.29) is 11.4 Å². The minimum absolute atomic E-state index is 0.0824. The van der Waals surface area contributed by atoms with Crippen molar-refractivity contribution in [2.45, 2.75) is 44.3 Å². The molecule has 0 aromatic heterocycles. The average Bonchev–Trinajstić information content (AvgIpc) is 2.84. The summed E-state index contributed by atoms with van der Waals surface area (Å²) in [5.74, 6) is 0.443. The van der Waals surface area contributed by atoms with Crippen molar-refractivity contribution in [3.8, 4) is 6.07 Å². The number of carbonyl (C=O) groups excluding carboxylic acids is 1. The number of nitrogens with zero attached hydrogens (tertiary/aromatic N) is 4. The fraction of sp³-hybridized carbons (Fsp3) is 0.421. The lowest BCUT2D eigenvalue weighted by Crippen LogP contribution is -2.63. The van der Waals surface area contributed by atoms with Crippen LogP contribution in [0.4, 0.5) is 18.0 Å². The Bertz CT molecular complexity index is 928. The van der Waals surface area contributed by atoms with Crippen molar-refractivity contribution in [3.63, 3.8) is 0 Å². The zero-order valence-corrected chi connectivity index (χ0v) is 15.2. The van der Waals surface area contributed by atoms with Crippen molar-refractivity contribution < 1.29 is 18.0 Å². The summed E-state index contributed by atoms with van der Waals surface area (Å²) in [7, 11) is 0. The summed E-state index contributed by atoms with van der Waals surface area (Å²) in [4.78, 5) is 14.3. The lowest BCUT2D eigenvalue weighted by atomic mass is 9.80. The number of hydrogen-bond donors (Lipinski definition) is 1. The highest BCUT2D eigenvalue weighted by molar-refractivity contribution is 5.92. The molecule has 28 heavy (non-hydrogen) atoms. The maximum Gasteiger partial charge on any atom is 0.421 e. The molecule has 146 valence electrons. The first kappa shape index (κ1) is 18.3. The van der Waals surface area contributed by atoms with Gasteiger partial charge in [-0.25, -0.2) is 4.79 Å². The molecule has 1 fully saturated rings. The number of halogens is 3. The fourth-order valence-corrected chi connectivity index (χ4v) is 3.96. The molecule has 0 radical (unpaired) electrons. The molecule has 0 unspecified atom stereocenters. The highest BCUT2D eigenvalue weighted by Crippen LogP contribution is 2.49. The number of urea groups is 1. The third-order valence-corrected chi connectivity index (χ3v) is 5.37. The Hall–Kier alpha value is -3.02. The van der Waals surface area contributed by atoms with Crippen LogP contribution in [0.1, 0.15) is 36.8 Å². The molecule has 3 aliphatic heterocycles. The Kier molecular flexibility index (Phi) is 4.10. The molecule has 0 saturated carbocycles. The summed E-state index contributed by atoms with van der Waals surface area (Å²) < 4.78 is 43.4. The molecule has 0 bridgehead atoms. The van der Waals surface area contributed by atoms with Crippen LogP contribution < -0.4 is 5.32 Å². The number of amidine groups is 1. The molecule has 1 atom stereocenters. The van der Waals surface area contributed by atoms with Gasteiger partial charge in [-0.1, -0.05) is 36.2 Å². The number of amides is 2. The van der Waals surface area contributed by atoms with Gasteiger partial charge < -0.3 is 10.2 Å². The molecule has 1 aromatic carbocycles. The highest BCUT2D eigenvalue weighted by Gasteiger charge is 2.65. The van der Waals surface area contributed by atoms with Crippen LogP contribution in [0.5, 0.6) is 0 Å². The second kappa shape index (κ2) is 6.26. The van der Waals surface area contributed by atoms with E-state index in [2.05, 4.69) is 10.4 Å². The molecule has 3 aliphatic rings. The summed E-state index contributed by atoms with van der Waals surface area (Å²) in [6.07, 6.45) is -1.87. The predicted octanol–water partition coefficient (Wildman–Crippen LogP) is 3.72. The summed E-state index contributed by atoms with van der Waals surface area (Å²) in [6, 6.07) is 6.42. The number of hydrogen-bond acceptors (Lipinski definition) is 4. The van der Waals surface area contributed by atoms with Gasteiger partial charge >= 0.3 is 12.2 Å².